The quantitative estimate of drug-likeness (QED) is 0.810. The van der Waals surface area contributed by atoms with Crippen LogP contribution >= 0.6 is 0 Å². The number of hydrogen-bond donors (Lipinski definition) is 1. The maximum Gasteiger partial charge on any atom is 0.462 e. The molecular formula is C18H26BNO5S. The highest BCUT2D eigenvalue weighted by Crippen LogP contribution is 2.65. The van der Waals surface area contributed by atoms with Crippen molar-refractivity contribution in [1.82, 2.24) is 0 Å². The van der Waals surface area contributed by atoms with Crippen molar-refractivity contribution in [3.05, 3.63) is 23.8 Å². The fourth-order valence-electron chi connectivity index (χ4n) is 5.31. The molecule has 1 aromatic carbocycles. The molecule has 0 amide bonds. The fourth-order valence-corrected chi connectivity index (χ4v) is 5.87. The zero-order valence-corrected chi connectivity index (χ0v) is 16.5. The Hall–Kier alpha value is -1.09. The normalized spacial score (nSPS) is 35.0. The number of benzene rings is 1. The van der Waals surface area contributed by atoms with Gasteiger partial charge in [-0.3, -0.25) is 0 Å². The Morgan fingerprint density at radius 2 is 2.04 bits per heavy atom. The summed E-state index contributed by atoms with van der Waals surface area (Å²) in [4.78, 5) is 0.0679. The zero-order chi connectivity index (χ0) is 18.9. The van der Waals surface area contributed by atoms with E-state index in [1.807, 2.05) is 0 Å². The molecule has 5 rings (SSSR count). The van der Waals surface area contributed by atoms with Crippen LogP contribution in [0.1, 0.15) is 39.2 Å². The molecule has 4 atom stereocenters. The fraction of sp³-hybridized carbons (Fsp3) is 0.667. The lowest BCUT2D eigenvalue weighted by molar-refractivity contribution is -0.199. The SMILES string of the molecule is COc1ccc(S(N)(=O)=O)cc1CB1OC2C[C@@H]3C[C@@H](C3(C)C)[C@]2(C)O1. The van der Waals surface area contributed by atoms with Crippen molar-refractivity contribution in [2.45, 2.75) is 56.5 Å². The molecule has 3 saturated carbocycles. The van der Waals surface area contributed by atoms with Gasteiger partial charge in [0, 0.05) is 6.32 Å². The van der Waals surface area contributed by atoms with Gasteiger partial charge in [-0.25, -0.2) is 13.6 Å². The largest absolute Gasteiger partial charge is 0.497 e. The van der Waals surface area contributed by atoms with Crippen LogP contribution in [0.3, 0.4) is 0 Å². The third kappa shape index (κ3) is 2.61. The van der Waals surface area contributed by atoms with Gasteiger partial charge in [0.2, 0.25) is 10.0 Å². The maximum absolute atomic E-state index is 11.7. The highest BCUT2D eigenvalue weighted by Gasteiger charge is 2.67. The van der Waals surface area contributed by atoms with Crippen LogP contribution in [0.2, 0.25) is 0 Å². The second kappa shape index (κ2) is 5.71. The van der Waals surface area contributed by atoms with Crippen LogP contribution in [0.15, 0.2) is 23.1 Å². The smallest absolute Gasteiger partial charge is 0.462 e. The lowest BCUT2D eigenvalue weighted by Crippen LogP contribution is -2.65. The van der Waals surface area contributed by atoms with Gasteiger partial charge in [0.15, 0.2) is 0 Å². The number of hydrogen-bond acceptors (Lipinski definition) is 5. The van der Waals surface area contributed by atoms with Crippen LogP contribution in [0, 0.1) is 17.3 Å². The lowest BCUT2D eigenvalue weighted by Gasteiger charge is -2.64. The lowest BCUT2D eigenvalue weighted by atomic mass is 9.43. The Kier molecular flexibility index (Phi) is 4.01. The predicted octanol–water partition coefficient (Wildman–Crippen LogP) is 2.15. The first-order valence-electron chi connectivity index (χ1n) is 9.08. The van der Waals surface area contributed by atoms with Crippen molar-refractivity contribution in [3.63, 3.8) is 0 Å². The summed E-state index contributed by atoms with van der Waals surface area (Å²) in [7, 11) is -2.62. The van der Waals surface area contributed by atoms with Crippen molar-refractivity contribution in [3.8, 4) is 5.75 Å². The van der Waals surface area contributed by atoms with Crippen molar-refractivity contribution in [1.29, 1.82) is 0 Å². The highest BCUT2D eigenvalue weighted by molar-refractivity contribution is 7.89. The molecule has 6 nitrogen and oxygen atoms in total. The van der Waals surface area contributed by atoms with Gasteiger partial charge in [0.1, 0.15) is 5.75 Å². The van der Waals surface area contributed by atoms with E-state index in [0.29, 0.717) is 23.9 Å². The van der Waals surface area contributed by atoms with Gasteiger partial charge >= 0.3 is 7.12 Å². The second-order valence-corrected chi connectivity index (χ2v) is 10.2. The monoisotopic (exact) mass is 379 g/mol. The van der Waals surface area contributed by atoms with Crippen molar-refractivity contribution < 1.29 is 22.5 Å². The van der Waals surface area contributed by atoms with E-state index >= 15 is 0 Å². The Morgan fingerprint density at radius 3 is 2.65 bits per heavy atom. The number of rotatable bonds is 4. The molecule has 0 radical (unpaired) electrons. The predicted molar refractivity (Wildman–Crippen MR) is 98.2 cm³/mol. The summed E-state index contributed by atoms with van der Waals surface area (Å²) in [5.74, 6) is 1.78. The van der Waals surface area contributed by atoms with Crippen LogP contribution in [0.25, 0.3) is 0 Å². The molecule has 1 unspecified atom stereocenters. The van der Waals surface area contributed by atoms with E-state index < -0.39 is 17.1 Å². The molecule has 1 aliphatic heterocycles. The summed E-state index contributed by atoms with van der Waals surface area (Å²) in [6.07, 6.45) is 2.73. The number of primary sulfonamides is 1. The maximum atomic E-state index is 11.7. The van der Waals surface area contributed by atoms with Crippen LogP contribution in [-0.2, 0) is 25.7 Å². The van der Waals surface area contributed by atoms with Crippen LogP contribution in [-0.4, -0.2) is 34.4 Å². The van der Waals surface area contributed by atoms with Crippen molar-refractivity contribution in [2.75, 3.05) is 7.11 Å². The molecule has 1 saturated heterocycles. The number of ether oxygens (including phenoxy) is 1. The standard InChI is InChI=1S/C18H26BNO5S/c1-17(2)12-8-15(17)18(3)16(9-12)24-19(25-18)10-11-7-13(26(20,21)22)5-6-14(11)23-4/h5-7,12,15-16H,8-10H2,1-4H3,(H2,20,21,22)/t12-,15-,16?,18-/m0/s1. The number of nitrogens with two attached hydrogens (primary N) is 1. The van der Waals surface area contributed by atoms with E-state index in [1.165, 1.54) is 12.5 Å². The first kappa shape index (κ1) is 18.3. The summed E-state index contributed by atoms with van der Waals surface area (Å²) < 4.78 is 41.4. The van der Waals surface area contributed by atoms with Crippen molar-refractivity contribution in [2.24, 2.45) is 22.4 Å². The Morgan fingerprint density at radius 1 is 1.31 bits per heavy atom. The minimum atomic E-state index is -3.77. The summed E-state index contributed by atoms with van der Waals surface area (Å²) >= 11 is 0. The first-order chi connectivity index (χ1) is 12.1. The van der Waals surface area contributed by atoms with Gasteiger partial charge in [-0.15, -0.1) is 0 Å². The van der Waals surface area contributed by atoms with Gasteiger partial charge in [-0.1, -0.05) is 13.8 Å². The molecule has 3 aliphatic carbocycles. The molecule has 2 bridgehead atoms. The van der Waals surface area contributed by atoms with Gasteiger partial charge in [0.05, 0.1) is 23.7 Å². The third-order valence-electron chi connectivity index (χ3n) is 6.97. The molecule has 4 aliphatic rings. The van der Waals surface area contributed by atoms with Gasteiger partial charge in [0.25, 0.3) is 0 Å². The average Bonchev–Trinajstić information content (AvgIpc) is 2.89. The molecular weight excluding hydrogens is 353 g/mol. The van der Waals surface area contributed by atoms with Gasteiger partial charge < -0.3 is 14.0 Å². The number of methoxy groups -OCH3 is 1. The molecule has 26 heavy (non-hydrogen) atoms. The highest BCUT2D eigenvalue weighted by atomic mass is 32.2. The van der Waals surface area contributed by atoms with Crippen LogP contribution in [0.4, 0.5) is 0 Å². The Bertz CT molecular complexity index is 842. The van der Waals surface area contributed by atoms with E-state index in [2.05, 4.69) is 20.8 Å². The molecule has 4 fully saturated rings. The zero-order valence-electron chi connectivity index (χ0n) is 15.7. The molecule has 1 aromatic rings. The summed E-state index contributed by atoms with van der Waals surface area (Å²) in [6.45, 7) is 6.81. The van der Waals surface area contributed by atoms with Gasteiger partial charge in [-0.05, 0) is 60.8 Å². The average molecular weight is 379 g/mol. The minimum Gasteiger partial charge on any atom is -0.497 e. The summed E-state index contributed by atoms with van der Waals surface area (Å²) in [5, 5.41) is 5.26. The van der Waals surface area contributed by atoms with E-state index in [1.54, 1.807) is 19.2 Å². The van der Waals surface area contributed by atoms with Crippen molar-refractivity contribution >= 4 is 17.1 Å². The summed E-state index contributed by atoms with van der Waals surface area (Å²) in [5.41, 5.74) is 0.723. The Balaban J connectivity index is 1.58. The first-order valence-corrected chi connectivity index (χ1v) is 10.6. The molecule has 142 valence electrons. The van der Waals surface area contributed by atoms with Crippen LogP contribution in [0.5, 0.6) is 5.75 Å². The van der Waals surface area contributed by atoms with Gasteiger partial charge in [-0.2, -0.15) is 0 Å². The molecule has 0 aromatic heterocycles. The van der Waals surface area contributed by atoms with E-state index in [-0.39, 0.29) is 22.0 Å². The molecule has 0 spiro atoms. The van der Waals surface area contributed by atoms with E-state index in [0.717, 1.165) is 12.0 Å². The molecule has 8 heteroatoms. The van der Waals surface area contributed by atoms with E-state index in [4.69, 9.17) is 19.2 Å². The minimum absolute atomic E-state index is 0.0679. The molecule has 1 heterocycles. The topological polar surface area (TPSA) is 87.9 Å². The van der Waals surface area contributed by atoms with E-state index in [9.17, 15) is 8.42 Å². The summed E-state index contributed by atoms with van der Waals surface area (Å²) in [6, 6.07) is 4.63. The molecule has 2 N–H and O–H groups in total. The third-order valence-corrected chi connectivity index (χ3v) is 7.88. The number of sulfonamides is 1. The van der Waals surface area contributed by atoms with Crippen LogP contribution < -0.4 is 9.88 Å². The Labute approximate surface area is 155 Å². The second-order valence-electron chi connectivity index (χ2n) is 8.62.